The smallest absolute Gasteiger partial charge is 0.335 e. The quantitative estimate of drug-likeness (QED) is 0.209. The van der Waals surface area contributed by atoms with E-state index in [1.54, 1.807) is 13.0 Å². The van der Waals surface area contributed by atoms with Crippen molar-refractivity contribution in [3.63, 3.8) is 0 Å². The van der Waals surface area contributed by atoms with Gasteiger partial charge in [-0.1, -0.05) is 6.07 Å². The maximum Gasteiger partial charge on any atom is 0.335 e. The number of ketones is 1. The van der Waals surface area contributed by atoms with Crippen molar-refractivity contribution < 1.29 is 23.4 Å². The lowest BCUT2D eigenvalue weighted by Crippen LogP contribution is -2.41. The zero-order chi connectivity index (χ0) is 30.2. The molecule has 0 aliphatic heterocycles. The van der Waals surface area contributed by atoms with Gasteiger partial charge in [-0.15, -0.1) is 0 Å². The molecule has 6 rings (SSSR count). The Morgan fingerprint density at radius 3 is 2.60 bits per heavy atom. The van der Waals surface area contributed by atoms with E-state index in [0.29, 0.717) is 16.9 Å². The summed E-state index contributed by atoms with van der Waals surface area (Å²) in [6, 6.07) is 9.96. The summed E-state index contributed by atoms with van der Waals surface area (Å²) in [7, 11) is 0. The number of hydrogen-bond acceptors (Lipinski definition) is 8. The van der Waals surface area contributed by atoms with Gasteiger partial charge >= 0.3 is 5.69 Å². The van der Waals surface area contributed by atoms with Crippen molar-refractivity contribution in [1.29, 1.82) is 0 Å². The van der Waals surface area contributed by atoms with Gasteiger partial charge in [0.2, 0.25) is 0 Å². The molecule has 0 amide bonds. The lowest BCUT2D eigenvalue weighted by Gasteiger charge is -2.13. The average Bonchev–Trinajstić information content (AvgIpc) is 3.75. The number of pyridine rings is 1. The topological polar surface area (TPSA) is 144 Å². The number of aromatic amines is 1. The highest BCUT2D eigenvalue weighted by Crippen LogP contribution is 2.35. The predicted molar refractivity (Wildman–Crippen MR) is 153 cm³/mol. The summed E-state index contributed by atoms with van der Waals surface area (Å²) in [4.78, 5) is 44.0. The Morgan fingerprint density at radius 1 is 1.14 bits per heavy atom. The van der Waals surface area contributed by atoms with Crippen molar-refractivity contribution in [2.45, 2.75) is 38.3 Å². The van der Waals surface area contributed by atoms with E-state index < -0.39 is 28.7 Å². The molecule has 2 aromatic carbocycles. The monoisotopic (exact) mass is 588 g/mol. The first-order valence-electron chi connectivity index (χ1n) is 13.6. The number of anilines is 1. The maximum atomic E-state index is 15.2. The van der Waals surface area contributed by atoms with Crippen LogP contribution in [0.1, 0.15) is 41.7 Å². The number of ether oxygens (including phenoxy) is 1. The number of Topliss-reactive ketones (excluding diaryl/α,β-unsaturated/α-hetero) is 1. The number of aliphatic hydroxyl groups excluding tert-OH is 1. The molecule has 0 bridgehead atoms. The van der Waals surface area contributed by atoms with Crippen LogP contribution in [0.3, 0.4) is 0 Å². The number of aliphatic hydroxyl groups is 1. The molecule has 43 heavy (non-hydrogen) atoms. The van der Waals surface area contributed by atoms with E-state index in [-0.39, 0.29) is 53.4 Å². The summed E-state index contributed by atoms with van der Waals surface area (Å²) >= 11 is 0. The fraction of sp³-hybridized carbons (Fsp3) is 0.233. The number of H-pyrrole nitrogens is 1. The summed E-state index contributed by atoms with van der Waals surface area (Å²) in [5, 5.41) is 19.8. The van der Waals surface area contributed by atoms with Crippen LogP contribution in [0.2, 0.25) is 0 Å². The fourth-order valence-corrected chi connectivity index (χ4v) is 4.72. The van der Waals surface area contributed by atoms with Gasteiger partial charge in [0.25, 0.3) is 5.56 Å². The van der Waals surface area contributed by atoms with Crippen molar-refractivity contribution >= 4 is 22.6 Å². The third-order valence-electron chi connectivity index (χ3n) is 7.10. The molecule has 0 saturated heterocycles. The average molecular weight is 589 g/mol. The van der Waals surface area contributed by atoms with E-state index in [2.05, 4.69) is 20.5 Å². The molecule has 11 nitrogen and oxygen atoms in total. The van der Waals surface area contributed by atoms with E-state index in [1.807, 2.05) is 0 Å². The second-order valence-corrected chi connectivity index (χ2v) is 10.4. The lowest BCUT2D eigenvalue weighted by atomic mass is 10.0. The summed E-state index contributed by atoms with van der Waals surface area (Å²) in [6.45, 7) is 1.62. The van der Waals surface area contributed by atoms with Crippen molar-refractivity contribution in [3.05, 3.63) is 105 Å². The van der Waals surface area contributed by atoms with Crippen LogP contribution < -0.4 is 21.3 Å². The zero-order valence-corrected chi connectivity index (χ0v) is 22.9. The summed E-state index contributed by atoms with van der Waals surface area (Å²) < 4.78 is 36.8. The number of hydrogen-bond donors (Lipinski definition) is 3. The van der Waals surface area contributed by atoms with Crippen LogP contribution in [0.15, 0.2) is 70.5 Å². The number of halogens is 2. The number of aromatic nitrogens is 5. The number of nitrogens with zero attached hydrogens (tertiary/aromatic N) is 4. The number of nitrogens with one attached hydrogen (secondary N) is 2. The Hall–Kier alpha value is -5.17. The zero-order valence-electron chi connectivity index (χ0n) is 22.9. The third-order valence-corrected chi connectivity index (χ3v) is 7.10. The Kier molecular flexibility index (Phi) is 7.32. The standard InChI is InChI=1S/C30H26F2N6O5/c1-16(15-39)34-28-26-25(10-11-33-27(26)35-36-28)43-24-9-2-17(12-22(24)32)13-23(40)21-14-37(19-7-8-19)30(42)38(29(21)41)20-5-3-18(31)4-6-20/h2-6,9-12,14,16,19,39H,7-8,13,15H2,1H3,(H2,33,34,35,36)/t16-/m0/s1. The number of carbonyl (C=O) groups is 1. The summed E-state index contributed by atoms with van der Waals surface area (Å²) in [5.41, 5.74) is -0.857. The van der Waals surface area contributed by atoms with E-state index in [0.717, 1.165) is 35.6 Å². The number of carbonyl (C=O) groups excluding carboxylic acids is 1. The molecule has 220 valence electrons. The van der Waals surface area contributed by atoms with Gasteiger partial charge in [-0.05, 0) is 61.7 Å². The van der Waals surface area contributed by atoms with E-state index in [4.69, 9.17) is 4.74 Å². The molecule has 0 unspecified atom stereocenters. The second kappa shape index (κ2) is 11.2. The van der Waals surface area contributed by atoms with Gasteiger partial charge in [0.15, 0.2) is 28.8 Å². The molecule has 3 N–H and O–H groups in total. The van der Waals surface area contributed by atoms with Crippen molar-refractivity contribution in [2.75, 3.05) is 11.9 Å². The van der Waals surface area contributed by atoms with E-state index in [1.165, 1.54) is 41.2 Å². The van der Waals surface area contributed by atoms with Crippen LogP contribution in [0.5, 0.6) is 11.5 Å². The lowest BCUT2D eigenvalue weighted by molar-refractivity contribution is 0.0990. The molecule has 3 aromatic heterocycles. The molecule has 13 heteroatoms. The molecule has 1 atom stereocenters. The molecular formula is C30H26F2N6O5. The first-order chi connectivity index (χ1) is 20.7. The molecule has 1 aliphatic carbocycles. The largest absolute Gasteiger partial charge is 0.453 e. The Balaban J connectivity index is 1.28. The molecule has 1 saturated carbocycles. The highest BCUT2D eigenvalue weighted by Gasteiger charge is 2.29. The minimum Gasteiger partial charge on any atom is -0.453 e. The van der Waals surface area contributed by atoms with E-state index >= 15 is 4.39 Å². The summed E-state index contributed by atoms with van der Waals surface area (Å²) in [5.74, 6) is -1.37. The molecular weight excluding hydrogens is 562 g/mol. The highest BCUT2D eigenvalue weighted by molar-refractivity contribution is 5.97. The normalized spacial score (nSPS) is 13.7. The van der Waals surface area contributed by atoms with Crippen LogP contribution in [0.4, 0.5) is 14.6 Å². The fourth-order valence-electron chi connectivity index (χ4n) is 4.72. The molecule has 1 aliphatic rings. The van der Waals surface area contributed by atoms with Gasteiger partial charge in [-0.2, -0.15) is 5.10 Å². The number of benzene rings is 2. The predicted octanol–water partition coefficient (Wildman–Crippen LogP) is 3.89. The van der Waals surface area contributed by atoms with Gasteiger partial charge < -0.3 is 15.2 Å². The van der Waals surface area contributed by atoms with E-state index in [9.17, 15) is 23.9 Å². The van der Waals surface area contributed by atoms with Crippen LogP contribution in [0.25, 0.3) is 16.7 Å². The van der Waals surface area contributed by atoms with Gasteiger partial charge in [0.05, 0.1) is 12.3 Å². The number of rotatable bonds is 10. The Morgan fingerprint density at radius 2 is 1.91 bits per heavy atom. The van der Waals surface area contributed by atoms with Crippen LogP contribution in [0, 0.1) is 11.6 Å². The minimum absolute atomic E-state index is 0.119. The molecule has 5 aromatic rings. The van der Waals surface area contributed by atoms with Crippen LogP contribution in [-0.2, 0) is 6.42 Å². The Labute approximate surface area is 242 Å². The van der Waals surface area contributed by atoms with Gasteiger partial charge in [-0.25, -0.2) is 23.1 Å². The SMILES string of the molecule is C[C@@H](CO)Nc1n[nH]c2nccc(Oc3ccc(CC(=O)c4cn(C5CC5)c(=O)n(-c5ccc(F)cc5)c4=O)cc3F)c12. The molecule has 0 spiro atoms. The first-order valence-corrected chi connectivity index (χ1v) is 13.6. The molecule has 0 radical (unpaired) electrons. The van der Waals surface area contributed by atoms with Crippen LogP contribution in [-0.4, -0.2) is 47.9 Å². The maximum absolute atomic E-state index is 15.2. The summed E-state index contributed by atoms with van der Waals surface area (Å²) in [6.07, 6.45) is 3.87. The third kappa shape index (κ3) is 5.54. The van der Waals surface area contributed by atoms with Crippen molar-refractivity contribution in [3.8, 4) is 17.2 Å². The van der Waals surface area contributed by atoms with Gasteiger partial charge in [-0.3, -0.25) is 19.3 Å². The van der Waals surface area contributed by atoms with Gasteiger partial charge in [0.1, 0.15) is 22.5 Å². The number of fused-ring (bicyclic) bond motifs is 1. The Bertz CT molecular complexity index is 1960. The first kappa shape index (κ1) is 28.0. The highest BCUT2D eigenvalue weighted by atomic mass is 19.1. The van der Waals surface area contributed by atoms with Gasteiger partial charge in [0, 0.05) is 37.0 Å². The molecule has 3 heterocycles. The second-order valence-electron chi connectivity index (χ2n) is 10.4. The van der Waals surface area contributed by atoms with Crippen LogP contribution >= 0.6 is 0 Å². The molecule has 1 fully saturated rings. The minimum atomic E-state index is -0.833. The van der Waals surface area contributed by atoms with Crippen molar-refractivity contribution in [1.82, 2.24) is 24.3 Å². The van der Waals surface area contributed by atoms with Crippen molar-refractivity contribution in [2.24, 2.45) is 0 Å².